The number of hydrogen-bond donors (Lipinski definition) is 1. The van der Waals surface area contributed by atoms with Crippen molar-refractivity contribution in [3.8, 4) is 5.82 Å². The quantitative estimate of drug-likeness (QED) is 0.353. The van der Waals surface area contributed by atoms with Crippen LogP contribution in [0, 0.1) is 30.9 Å². The lowest BCUT2D eigenvalue weighted by molar-refractivity contribution is -0.384. The van der Waals surface area contributed by atoms with E-state index in [-0.39, 0.29) is 5.69 Å². The Morgan fingerprint density at radius 3 is 2.50 bits per heavy atom. The third-order valence-electron chi connectivity index (χ3n) is 4.51. The fourth-order valence-electron chi connectivity index (χ4n) is 2.99. The summed E-state index contributed by atoms with van der Waals surface area (Å²) in [5.41, 5.74) is 4.03. The Kier molecular flexibility index (Phi) is 5.59. The number of hydrogen-bond acceptors (Lipinski definition) is 5. The Balaban J connectivity index is 1.87. The minimum atomic E-state index is -4.67. The lowest BCUT2D eigenvalue weighted by Gasteiger charge is -2.09. The van der Waals surface area contributed by atoms with Crippen molar-refractivity contribution in [1.82, 2.24) is 9.55 Å². The van der Waals surface area contributed by atoms with E-state index in [1.54, 1.807) is 6.20 Å². The highest BCUT2D eigenvalue weighted by Crippen LogP contribution is 2.35. The number of alkyl halides is 3. The van der Waals surface area contributed by atoms with Crippen LogP contribution in [0.4, 0.5) is 24.5 Å². The molecule has 1 N–H and O–H groups in total. The van der Waals surface area contributed by atoms with E-state index >= 15 is 0 Å². The summed E-state index contributed by atoms with van der Waals surface area (Å²) in [6.45, 7) is 5.72. The van der Waals surface area contributed by atoms with Gasteiger partial charge in [-0.05, 0) is 50.6 Å². The van der Waals surface area contributed by atoms with Crippen molar-refractivity contribution in [2.75, 3.05) is 5.43 Å². The number of benzene rings is 1. The molecule has 0 unspecified atom stereocenters. The monoisotopic (exact) mass is 417 g/mol. The molecule has 7 nitrogen and oxygen atoms in total. The van der Waals surface area contributed by atoms with Crippen LogP contribution in [-0.4, -0.2) is 20.7 Å². The SMILES string of the molecule is Cc1ccc(-n2c(C)cc(/C=N\Nc3ccc(C(F)(F)F)cc3[N+](=O)[O-])c2C)nc1. The van der Waals surface area contributed by atoms with Gasteiger partial charge in [-0.15, -0.1) is 0 Å². The first-order valence-corrected chi connectivity index (χ1v) is 8.84. The summed E-state index contributed by atoms with van der Waals surface area (Å²) in [6, 6.07) is 7.92. The molecule has 0 radical (unpaired) electrons. The van der Waals surface area contributed by atoms with Crippen molar-refractivity contribution in [3.63, 3.8) is 0 Å². The molecular formula is C20H18F3N5O2. The van der Waals surface area contributed by atoms with Gasteiger partial charge in [-0.25, -0.2) is 4.98 Å². The molecule has 0 bridgehead atoms. The van der Waals surface area contributed by atoms with Crippen LogP contribution < -0.4 is 5.43 Å². The molecule has 3 aromatic rings. The number of pyridine rings is 1. The van der Waals surface area contributed by atoms with Gasteiger partial charge in [0.1, 0.15) is 11.5 Å². The summed E-state index contributed by atoms with van der Waals surface area (Å²) in [4.78, 5) is 14.7. The van der Waals surface area contributed by atoms with Gasteiger partial charge in [-0.2, -0.15) is 18.3 Å². The number of aryl methyl sites for hydroxylation is 2. The van der Waals surface area contributed by atoms with Crippen LogP contribution in [0.25, 0.3) is 5.82 Å². The molecule has 156 valence electrons. The van der Waals surface area contributed by atoms with Gasteiger partial charge in [-0.1, -0.05) is 6.07 Å². The summed E-state index contributed by atoms with van der Waals surface area (Å²) in [5, 5.41) is 15.1. The third kappa shape index (κ3) is 4.32. The van der Waals surface area contributed by atoms with Crippen LogP contribution in [0.1, 0.15) is 28.1 Å². The molecule has 0 aliphatic heterocycles. The molecule has 0 saturated carbocycles. The molecule has 0 spiro atoms. The van der Waals surface area contributed by atoms with Crippen molar-refractivity contribution >= 4 is 17.6 Å². The normalized spacial score (nSPS) is 11.8. The van der Waals surface area contributed by atoms with Crippen LogP contribution in [0.5, 0.6) is 0 Å². The van der Waals surface area contributed by atoms with Crippen molar-refractivity contribution in [2.45, 2.75) is 26.9 Å². The number of rotatable bonds is 5. The van der Waals surface area contributed by atoms with Gasteiger partial charge in [0.25, 0.3) is 5.69 Å². The molecule has 10 heteroatoms. The summed E-state index contributed by atoms with van der Waals surface area (Å²) in [5.74, 6) is 0.738. The fraction of sp³-hybridized carbons (Fsp3) is 0.200. The molecule has 0 aliphatic rings. The molecule has 30 heavy (non-hydrogen) atoms. The Labute approximate surface area is 170 Å². The number of aromatic nitrogens is 2. The summed E-state index contributed by atoms with van der Waals surface area (Å²) >= 11 is 0. The summed E-state index contributed by atoms with van der Waals surface area (Å²) < 4.78 is 40.3. The zero-order valence-corrected chi connectivity index (χ0v) is 16.4. The molecule has 0 fully saturated rings. The Morgan fingerprint density at radius 1 is 1.17 bits per heavy atom. The first-order chi connectivity index (χ1) is 14.1. The van der Waals surface area contributed by atoms with Crippen LogP contribution in [0.15, 0.2) is 47.7 Å². The molecule has 2 heterocycles. The highest BCUT2D eigenvalue weighted by atomic mass is 19.4. The van der Waals surface area contributed by atoms with Crippen LogP contribution in [-0.2, 0) is 6.18 Å². The highest BCUT2D eigenvalue weighted by Gasteiger charge is 2.33. The van der Waals surface area contributed by atoms with E-state index < -0.39 is 22.4 Å². The topological polar surface area (TPSA) is 85.3 Å². The maximum atomic E-state index is 12.8. The van der Waals surface area contributed by atoms with Crippen LogP contribution in [0.2, 0.25) is 0 Å². The number of nitrogens with zero attached hydrogens (tertiary/aromatic N) is 4. The molecule has 1 aromatic carbocycles. The zero-order valence-electron chi connectivity index (χ0n) is 16.4. The lowest BCUT2D eigenvalue weighted by atomic mass is 10.1. The summed E-state index contributed by atoms with van der Waals surface area (Å²) in [6.07, 6.45) is -1.46. The van der Waals surface area contributed by atoms with Crippen LogP contribution >= 0.6 is 0 Å². The molecule has 3 rings (SSSR count). The van der Waals surface area contributed by atoms with E-state index in [1.807, 2.05) is 43.5 Å². The van der Waals surface area contributed by atoms with E-state index in [4.69, 9.17) is 0 Å². The number of nitro benzene ring substituents is 1. The highest BCUT2D eigenvalue weighted by molar-refractivity contribution is 5.83. The predicted molar refractivity (Wildman–Crippen MR) is 107 cm³/mol. The molecule has 0 saturated heterocycles. The number of hydrazone groups is 1. The van der Waals surface area contributed by atoms with Gasteiger partial charge in [0.15, 0.2) is 0 Å². The Bertz CT molecular complexity index is 1120. The number of nitro groups is 1. The smallest absolute Gasteiger partial charge is 0.303 e. The average molecular weight is 417 g/mol. The van der Waals surface area contributed by atoms with Crippen molar-refractivity contribution < 1.29 is 18.1 Å². The molecule has 0 aliphatic carbocycles. The van der Waals surface area contributed by atoms with Crippen molar-refractivity contribution in [3.05, 3.63) is 80.8 Å². The molecular weight excluding hydrogens is 399 g/mol. The van der Waals surface area contributed by atoms with Gasteiger partial charge in [0.05, 0.1) is 16.7 Å². The second-order valence-electron chi connectivity index (χ2n) is 6.71. The van der Waals surface area contributed by atoms with E-state index in [9.17, 15) is 23.3 Å². The zero-order chi connectivity index (χ0) is 22.1. The van der Waals surface area contributed by atoms with Gasteiger partial charge < -0.3 is 4.57 Å². The minimum Gasteiger partial charge on any atom is -0.303 e. The first kappa shape index (κ1) is 21.0. The van der Waals surface area contributed by atoms with E-state index in [2.05, 4.69) is 15.5 Å². The third-order valence-corrected chi connectivity index (χ3v) is 4.51. The van der Waals surface area contributed by atoms with E-state index in [0.29, 0.717) is 6.07 Å². The summed E-state index contributed by atoms with van der Waals surface area (Å²) in [7, 11) is 0. The van der Waals surface area contributed by atoms with Crippen molar-refractivity contribution in [2.24, 2.45) is 5.10 Å². The number of nitrogens with one attached hydrogen (secondary N) is 1. The Morgan fingerprint density at radius 2 is 1.90 bits per heavy atom. The minimum absolute atomic E-state index is 0.141. The Hall–Kier alpha value is -3.69. The lowest BCUT2D eigenvalue weighted by Crippen LogP contribution is -2.06. The van der Waals surface area contributed by atoms with E-state index in [0.717, 1.165) is 40.5 Å². The average Bonchev–Trinajstić information content (AvgIpc) is 2.95. The van der Waals surface area contributed by atoms with Gasteiger partial charge in [0, 0.05) is 29.2 Å². The maximum absolute atomic E-state index is 12.8. The maximum Gasteiger partial charge on any atom is 0.416 e. The van der Waals surface area contributed by atoms with Gasteiger partial charge in [-0.3, -0.25) is 15.5 Å². The fourth-order valence-corrected chi connectivity index (χ4v) is 2.99. The number of anilines is 1. The first-order valence-electron chi connectivity index (χ1n) is 8.84. The molecule has 0 amide bonds. The van der Waals surface area contributed by atoms with Crippen molar-refractivity contribution in [1.29, 1.82) is 0 Å². The molecule has 2 aromatic heterocycles. The largest absolute Gasteiger partial charge is 0.416 e. The predicted octanol–water partition coefficient (Wildman–Crippen LogP) is 5.17. The van der Waals surface area contributed by atoms with Gasteiger partial charge >= 0.3 is 6.18 Å². The standard InChI is InChI=1S/C20H18F3N5O2/c1-12-4-7-19(24-10-12)27-13(2)8-15(14(27)3)11-25-26-17-6-5-16(20(21,22)23)9-18(17)28(29)30/h4-11,26H,1-3H3/b25-11-. The second-order valence-corrected chi connectivity index (χ2v) is 6.71. The second kappa shape index (κ2) is 7.97. The van der Waals surface area contributed by atoms with Gasteiger partial charge in [0.2, 0.25) is 0 Å². The van der Waals surface area contributed by atoms with E-state index in [1.165, 1.54) is 6.21 Å². The molecule has 0 atom stereocenters. The van der Waals surface area contributed by atoms with Crippen LogP contribution in [0.3, 0.4) is 0 Å². The number of halogens is 3.